The monoisotopic (exact) mass is 537 g/mol. The molecule has 1 amide bonds. The summed E-state index contributed by atoms with van der Waals surface area (Å²) in [5.41, 5.74) is 7.97. The Morgan fingerprint density at radius 1 is 1.13 bits per heavy atom. The van der Waals surface area contributed by atoms with Gasteiger partial charge >= 0.3 is 6.18 Å². The zero-order chi connectivity index (χ0) is 28.0. The number of hydrogen-bond donors (Lipinski definition) is 2. The highest BCUT2D eigenvalue weighted by molar-refractivity contribution is 6.10. The van der Waals surface area contributed by atoms with Gasteiger partial charge in [-0.3, -0.25) is 19.7 Å². The molecule has 3 N–H and O–H groups in total. The fourth-order valence-corrected chi connectivity index (χ4v) is 4.15. The molecule has 1 aliphatic heterocycles. The number of benzene rings is 1. The van der Waals surface area contributed by atoms with Gasteiger partial charge in [-0.05, 0) is 49.4 Å². The van der Waals surface area contributed by atoms with Crippen molar-refractivity contribution in [1.29, 1.82) is 0 Å². The quantitative estimate of drug-likeness (QED) is 0.431. The molecular weight excluding hydrogens is 507 g/mol. The molecule has 0 unspecified atom stereocenters. The van der Waals surface area contributed by atoms with E-state index in [0.29, 0.717) is 24.4 Å². The maximum Gasteiger partial charge on any atom is 0.416 e. The minimum atomic E-state index is -4.58. The third-order valence-corrected chi connectivity index (χ3v) is 6.51. The number of piperazine rings is 1. The largest absolute Gasteiger partial charge is 0.416 e. The Hall–Kier alpha value is -4.09. The Labute approximate surface area is 225 Å². The summed E-state index contributed by atoms with van der Waals surface area (Å²) in [6.07, 6.45) is 2.88. The summed E-state index contributed by atoms with van der Waals surface area (Å²) < 4.78 is 41.7. The molecule has 2 aromatic heterocycles. The highest BCUT2D eigenvalue weighted by Gasteiger charge is 2.34. The predicted molar refractivity (Wildman–Crippen MR) is 146 cm³/mol. The number of nitrogens with zero attached hydrogens (tertiary/aromatic N) is 5. The molecular formula is C28H30F3N7O. The topological polar surface area (TPSA) is 99.7 Å². The maximum atomic E-state index is 13.9. The second kappa shape index (κ2) is 12.2. The van der Waals surface area contributed by atoms with Gasteiger partial charge in [0.25, 0.3) is 5.91 Å². The SMILES string of the molecule is Cc1ccc(C(=O)Nc2cc(C(F)(F)F)c(CN3CCN(C)CC3)cn2)cc1N=CC(=CN)c1cccnc1. The van der Waals surface area contributed by atoms with Gasteiger partial charge in [0.1, 0.15) is 5.82 Å². The number of likely N-dealkylation sites (N-methyl/N-ethyl adjacent to an activating group) is 1. The number of aryl methyl sites for hydroxylation is 1. The molecule has 0 bridgehead atoms. The molecule has 11 heteroatoms. The van der Waals surface area contributed by atoms with Crippen molar-refractivity contribution in [1.82, 2.24) is 19.8 Å². The van der Waals surface area contributed by atoms with Gasteiger partial charge in [0, 0.05) is 80.4 Å². The molecule has 1 saturated heterocycles. The van der Waals surface area contributed by atoms with E-state index in [4.69, 9.17) is 5.73 Å². The number of aliphatic imine (C=N–C) groups is 1. The number of aromatic nitrogens is 2. The van der Waals surface area contributed by atoms with Gasteiger partial charge in [0.05, 0.1) is 11.3 Å². The minimum absolute atomic E-state index is 0.0781. The van der Waals surface area contributed by atoms with E-state index in [-0.39, 0.29) is 23.5 Å². The highest BCUT2D eigenvalue weighted by atomic mass is 19.4. The fraction of sp³-hybridized carbons (Fsp3) is 0.286. The molecule has 3 aromatic rings. The number of pyridine rings is 2. The van der Waals surface area contributed by atoms with E-state index in [0.717, 1.165) is 30.3 Å². The zero-order valence-electron chi connectivity index (χ0n) is 21.7. The van der Waals surface area contributed by atoms with Crippen LogP contribution in [0.5, 0.6) is 0 Å². The van der Waals surface area contributed by atoms with Gasteiger partial charge in [0.2, 0.25) is 0 Å². The number of amides is 1. The maximum absolute atomic E-state index is 13.9. The van der Waals surface area contributed by atoms with Crippen molar-refractivity contribution in [3.63, 3.8) is 0 Å². The zero-order valence-corrected chi connectivity index (χ0v) is 21.7. The molecule has 0 aliphatic carbocycles. The predicted octanol–water partition coefficient (Wildman–Crippen LogP) is 4.51. The number of rotatable bonds is 7. The minimum Gasteiger partial charge on any atom is -0.404 e. The number of nitrogens with two attached hydrogens (primary N) is 1. The van der Waals surface area contributed by atoms with E-state index >= 15 is 0 Å². The van der Waals surface area contributed by atoms with Crippen molar-refractivity contribution in [2.45, 2.75) is 19.6 Å². The Morgan fingerprint density at radius 2 is 1.90 bits per heavy atom. The van der Waals surface area contributed by atoms with Crippen LogP contribution in [0, 0.1) is 6.92 Å². The Morgan fingerprint density at radius 3 is 2.56 bits per heavy atom. The van der Waals surface area contributed by atoms with Gasteiger partial charge in [-0.2, -0.15) is 13.2 Å². The van der Waals surface area contributed by atoms with Crippen LogP contribution in [0.1, 0.15) is 32.6 Å². The molecule has 0 saturated carbocycles. The highest BCUT2D eigenvalue weighted by Crippen LogP contribution is 2.34. The Bertz CT molecular complexity index is 1370. The number of alkyl halides is 3. The number of carbonyl (C=O) groups excluding carboxylic acids is 1. The third-order valence-electron chi connectivity index (χ3n) is 6.51. The number of hydrogen-bond acceptors (Lipinski definition) is 7. The average molecular weight is 538 g/mol. The van der Waals surface area contributed by atoms with Gasteiger partial charge in [-0.15, -0.1) is 0 Å². The second-order valence-corrected chi connectivity index (χ2v) is 9.38. The van der Waals surface area contributed by atoms with Crippen LogP contribution in [-0.4, -0.2) is 65.1 Å². The van der Waals surface area contributed by atoms with Crippen LogP contribution in [0.2, 0.25) is 0 Å². The smallest absolute Gasteiger partial charge is 0.404 e. The second-order valence-electron chi connectivity index (χ2n) is 9.38. The first-order valence-corrected chi connectivity index (χ1v) is 12.4. The number of carbonyl (C=O) groups is 1. The van der Waals surface area contributed by atoms with E-state index < -0.39 is 17.6 Å². The fourth-order valence-electron chi connectivity index (χ4n) is 4.15. The molecule has 0 atom stereocenters. The number of anilines is 1. The Kier molecular flexibility index (Phi) is 8.72. The summed E-state index contributed by atoms with van der Waals surface area (Å²) in [4.78, 5) is 29.7. The molecule has 39 heavy (non-hydrogen) atoms. The van der Waals surface area contributed by atoms with Gasteiger partial charge in [-0.25, -0.2) is 4.98 Å². The van der Waals surface area contributed by atoms with Crippen LogP contribution in [0.4, 0.5) is 24.7 Å². The lowest BCUT2D eigenvalue weighted by Crippen LogP contribution is -2.44. The summed E-state index contributed by atoms with van der Waals surface area (Å²) in [6.45, 7) is 4.91. The summed E-state index contributed by atoms with van der Waals surface area (Å²) in [6, 6.07) is 9.36. The summed E-state index contributed by atoms with van der Waals surface area (Å²) in [5.74, 6) is -0.772. The van der Waals surface area contributed by atoms with Crippen LogP contribution in [0.15, 0.2) is 66.2 Å². The molecule has 204 valence electrons. The summed E-state index contributed by atoms with van der Waals surface area (Å²) in [7, 11) is 1.98. The lowest BCUT2D eigenvalue weighted by molar-refractivity contribution is -0.138. The Balaban J connectivity index is 1.51. The van der Waals surface area contributed by atoms with E-state index in [2.05, 4.69) is 25.2 Å². The van der Waals surface area contributed by atoms with Crippen LogP contribution in [-0.2, 0) is 12.7 Å². The van der Waals surface area contributed by atoms with E-state index in [1.807, 2.05) is 24.9 Å². The number of allylic oxidation sites excluding steroid dienone is 1. The molecule has 1 aromatic carbocycles. The summed E-state index contributed by atoms with van der Waals surface area (Å²) >= 11 is 0. The van der Waals surface area contributed by atoms with Crippen LogP contribution >= 0.6 is 0 Å². The van der Waals surface area contributed by atoms with Crippen molar-refractivity contribution in [2.75, 3.05) is 38.5 Å². The standard InChI is InChI=1S/C28H30F3N7O/c1-19-5-6-20(12-25(19)34-16-22(14-32)21-4-3-7-33-15-21)27(39)36-26-13-24(28(29,30)31)23(17-35-26)18-38-10-8-37(2)9-11-38/h3-7,12-17H,8-11,18,32H2,1-2H3,(H,35,36,39). The number of nitrogens with one attached hydrogen (secondary N) is 1. The molecule has 1 aliphatic rings. The van der Waals surface area contributed by atoms with Gasteiger partial charge < -0.3 is 16.0 Å². The van der Waals surface area contributed by atoms with E-state index in [9.17, 15) is 18.0 Å². The lowest BCUT2D eigenvalue weighted by Gasteiger charge is -2.32. The van der Waals surface area contributed by atoms with Gasteiger partial charge in [0.15, 0.2) is 0 Å². The molecule has 3 heterocycles. The van der Waals surface area contributed by atoms with Crippen LogP contribution in [0.3, 0.4) is 0 Å². The van der Waals surface area contributed by atoms with Crippen LogP contribution in [0.25, 0.3) is 5.57 Å². The lowest BCUT2D eigenvalue weighted by atomic mass is 10.1. The van der Waals surface area contributed by atoms with Gasteiger partial charge in [-0.1, -0.05) is 12.1 Å². The molecule has 4 rings (SSSR count). The summed E-state index contributed by atoms with van der Waals surface area (Å²) in [5, 5.41) is 2.49. The van der Waals surface area contributed by atoms with Crippen molar-refractivity contribution in [3.05, 3.63) is 89.0 Å². The van der Waals surface area contributed by atoms with E-state index in [1.165, 1.54) is 12.4 Å². The third kappa shape index (κ3) is 7.27. The van der Waals surface area contributed by atoms with Crippen LogP contribution < -0.4 is 11.1 Å². The number of halogens is 3. The van der Waals surface area contributed by atoms with E-state index in [1.54, 1.807) is 42.9 Å². The first-order chi connectivity index (χ1) is 18.6. The first-order valence-electron chi connectivity index (χ1n) is 12.4. The normalized spacial score (nSPS) is 15.6. The van der Waals surface area contributed by atoms with Crippen molar-refractivity contribution < 1.29 is 18.0 Å². The van der Waals surface area contributed by atoms with Crippen molar-refractivity contribution in [3.8, 4) is 0 Å². The molecule has 0 spiro atoms. The molecule has 0 radical (unpaired) electrons. The molecule has 1 fully saturated rings. The first kappa shape index (κ1) is 27.9. The van der Waals surface area contributed by atoms with Crippen molar-refractivity contribution in [2.24, 2.45) is 10.7 Å². The molecule has 8 nitrogen and oxygen atoms in total. The van der Waals surface area contributed by atoms with Crippen molar-refractivity contribution >= 4 is 29.2 Å². The average Bonchev–Trinajstić information content (AvgIpc) is 2.92.